The lowest BCUT2D eigenvalue weighted by Crippen LogP contribution is -2.37. The minimum absolute atomic E-state index is 0.131. The summed E-state index contributed by atoms with van der Waals surface area (Å²) in [5.74, 6) is -0.829. The molecule has 0 aliphatic carbocycles. The highest BCUT2D eigenvalue weighted by molar-refractivity contribution is 6.30. The van der Waals surface area contributed by atoms with Crippen LogP contribution in [0, 0.1) is 5.41 Å². The van der Waals surface area contributed by atoms with Gasteiger partial charge in [0.1, 0.15) is 12.0 Å². The van der Waals surface area contributed by atoms with Gasteiger partial charge in [0, 0.05) is 5.02 Å². The molecule has 4 nitrogen and oxygen atoms in total. The fourth-order valence-corrected chi connectivity index (χ4v) is 1.57. The Kier molecular flexibility index (Phi) is 6.17. The normalized spacial score (nSPS) is 11.2. The zero-order chi connectivity index (χ0) is 15.2. The zero-order valence-electron chi connectivity index (χ0n) is 11.9. The summed E-state index contributed by atoms with van der Waals surface area (Å²) in [4.78, 5) is 23.6. The van der Waals surface area contributed by atoms with Gasteiger partial charge in [-0.2, -0.15) is 0 Å². The molecule has 1 aromatic rings. The van der Waals surface area contributed by atoms with Crippen molar-refractivity contribution >= 4 is 23.4 Å². The second-order valence-corrected chi connectivity index (χ2v) is 5.32. The molecule has 0 heterocycles. The largest absolute Gasteiger partial charge is 0.465 e. The first-order valence-electron chi connectivity index (χ1n) is 6.40. The summed E-state index contributed by atoms with van der Waals surface area (Å²) in [5, 5.41) is 0.647. The molecule has 5 heteroatoms. The molecule has 110 valence electrons. The highest BCUT2D eigenvalue weighted by Gasteiger charge is 2.37. The topological polar surface area (TPSA) is 52.6 Å². The van der Waals surface area contributed by atoms with Crippen molar-refractivity contribution in [3.63, 3.8) is 0 Å². The van der Waals surface area contributed by atoms with Gasteiger partial charge < -0.3 is 9.47 Å². The second-order valence-electron chi connectivity index (χ2n) is 4.89. The SMILES string of the molecule is CCOC(=O)C(C)(C)C(=O)COCc1ccc(Cl)cc1. The summed E-state index contributed by atoms with van der Waals surface area (Å²) in [7, 11) is 0. The van der Waals surface area contributed by atoms with Crippen molar-refractivity contribution in [2.45, 2.75) is 27.4 Å². The molecule has 0 spiro atoms. The first kappa shape index (κ1) is 16.7. The number of carbonyl (C=O) groups excluding carboxylic acids is 2. The molecule has 0 fully saturated rings. The first-order chi connectivity index (χ1) is 9.37. The molecule has 0 bridgehead atoms. The predicted octanol–water partition coefficient (Wildman–Crippen LogP) is 3.02. The molecule has 0 saturated carbocycles. The monoisotopic (exact) mass is 298 g/mol. The molecule has 20 heavy (non-hydrogen) atoms. The van der Waals surface area contributed by atoms with Crippen LogP contribution in [0.5, 0.6) is 0 Å². The molecule has 0 aromatic heterocycles. The number of benzene rings is 1. The summed E-state index contributed by atoms with van der Waals surface area (Å²) < 4.78 is 10.2. The molecule has 1 rings (SSSR count). The van der Waals surface area contributed by atoms with Crippen molar-refractivity contribution in [2.75, 3.05) is 13.2 Å². The Morgan fingerprint density at radius 3 is 2.35 bits per heavy atom. The summed E-state index contributed by atoms with van der Waals surface area (Å²) >= 11 is 5.77. The van der Waals surface area contributed by atoms with E-state index in [9.17, 15) is 9.59 Å². The van der Waals surface area contributed by atoms with Crippen molar-refractivity contribution in [2.24, 2.45) is 5.41 Å². The van der Waals surface area contributed by atoms with Gasteiger partial charge in [-0.05, 0) is 38.5 Å². The fourth-order valence-electron chi connectivity index (χ4n) is 1.45. The van der Waals surface area contributed by atoms with Crippen LogP contribution in [0.3, 0.4) is 0 Å². The Hall–Kier alpha value is -1.39. The van der Waals surface area contributed by atoms with Crippen LogP contribution in [0.2, 0.25) is 5.02 Å². The van der Waals surface area contributed by atoms with E-state index in [2.05, 4.69) is 0 Å². The number of ether oxygens (including phenoxy) is 2. The van der Waals surface area contributed by atoms with Gasteiger partial charge in [0.05, 0.1) is 13.2 Å². The molecule has 0 unspecified atom stereocenters. The number of carbonyl (C=O) groups is 2. The maximum atomic E-state index is 12.0. The summed E-state index contributed by atoms with van der Waals surface area (Å²) in [6.45, 7) is 5.20. The second kappa shape index (κ2) is 7.41. The van der Waals surface area contributed by atoms with Crippen LogP contribution in [0.1, 0.15) is 26.3 Å². The smallest absolute Gasteiger partial charge is 0.319 e. The Labute approximate surface area is 124 Å². The fraction of sp³-hybridized carbons (Fsp3) is 0.467. The maximum absolute atomic E-state index is 12.0. The number of halogens is 1. The average Bonchev–Trinajstić information content (AvgIpc) is 2.41. The molecular weight excluding hydrogens is 280 g/mol. The van der Waals surface area contributed by atoms with Gasteiger partial charge in [-0.3, -0.25) is 9.59 Å². The molecule has 0 radical (unpaired) electrons. The number of ketones is 1. The molecule has 0 N–H and O–H groups in total. The van der Waals surface area contributed by atoms with Crippen molar-refractivity contribution in [3.8, 4) is 0 Å². The van der Waals surface area contributed by atoms with Gasteiger partial charge in [0.25, 0.3) is 0 Å². The van der Waals surface area contributed by atoms with Crippen molar-refractivity contribution in [1.82, 2.24) is 0 Å². The molecular formula is C15H19ClO4. The molecule has 0 amide bonds. The van der Waals surface area contributed by atoms with E-state index in [1.807, 2.05) is 12.1 Å². The molecule has 0 saturated heterocycles. The number of Topliss-reactive ketones (excluding diaryl/α,β-unsaturated/α-hetero) is 1. The van der Waals surface area contributed by atoms with E-state index in [0.29, 0.717) is 11.6 Å². The highest BCUT2D eigenvalue weighted by Crippen LogP contribution is 2.19. The Bertz CT molecular complexity index is 465. The van der Waals surface area contributed by atoms with Crippen LogP contribution in [0.4, 0.5) is 0 Å². The molecule has 0 aliphatic heterocycles. The third-order valence-corrected chi connectivity index (χ3v) is 3.15. The van der Waals surface area contributed by atoms with E-state index in [0.717, 1.165) is 5.56 Å². The lowest BCUT2D eigenvalue weighted by atomic mass is 9.88. The quantitative estimate of drug-likeness (QED) is 0.573. The Morgan fingerprint density at radius 1 is 1.20 bits per heavy atom. The van der Waals surface area contributed by atoms with Gasteiger partial charge in [-0.25, -0.2) is 0 Å². The van der Waals surface area contributed by atoms with Gasteiger partial charge in [0.2, 0.25) is 0 Å². The van der Waals surface area contributed by atoms with E-state index in [1.54, 1.807) is 32.9 Å². The lowest BCUT2D eigenvalue weighted by Gasteiger charge is -2.20. The van der Waals surface area contributed by atoms with Crippen molar-refractivity contribution < 1.29 is 19.1 Å². The highest BCUT2D eigenvalue weighted by atomic mass is 35.5. The maximum Gasteiger partial charge on any atom is 0.319 e. The van der Waals surface area contributed by atoms with Crippen molar-refractivity contribution in [1.29, 1.82) is 0 Å². The van der Waals surface area contributed by atoms with Crippen LogP contribution in [-0.2, 0) is 25.7 Å². The van der Waals surface area contributed by atoms with E-state index >= 15 is 0 Å². The van der Waals surface area contributed by atoms with Crippen LogP contribution >= 0.6 is 11.6 Å². The molecule has 1 aromatic carbocycles. The minimum atomic E-state index is -1.18. The standard InChI is InChI=1S/C15H19ClO4/c1-4-20-14(18)15(2,3)13(17)10-19-9-11-5-7-12(16)8-6-11/h5-8H,4,9-10H2,1-3H3. The third-order valence-electron chi connectivity index (χ3n) is 2.90. The van der Waals surface area contributed by atoms with Crippen molar-refractivity contribution in [3.05, 3.63) is 34.9 Å². The van der Waals surface area contributed by atoms with Gasteiger partial charge >= 0.3 is 5.97 Å². The number of esters is 1. The summed E-state index contributed by atoms with van der Waals surface area (Å²) in [6, 6.07) is 7.15. The Balaban J connectivity index is 2.46. The Morgan fingerprint density at radius 2 is 1.80 bits per heavy atom. The van der Waals surface area contributed by atoms with Gasteiger partial charge in [0.15, 0.2) is 5.78 Å². The van der Waals surface area contributed by atoms with Gasteiger partial charge in [-0.1, -0.05) is 23.7 Å². The van der Waals surface area contributed by atoms with Gasteiger partial charge in [-0.15, -0.1) is 0 Å². The molecule has 0 atom stereocenters. The van der Waals surface area contributed by atoms with Crippen LogP contribution < -0.4 is 0 Å². The van der Waals surface area contributed by atoms with E-state index < -0.39 is 11.4 Å². The van der Waals surface area contributed by atoms with Crippen LogP contribution in [0.15, 0.2) is 24.3 Å². The first-order valence-corrected chi connectivity index (χ1v) is 6.78. The molecule has 0 aliphatic rings. The number of hydrogen-bond acceptors (Lipinski definition) is 4. The average molecular weight is 299 g/mol. The van der Waals surface area contributed by atoms with E-state index in [4.69, 9.17) is 21.1 Å². The van der Waals surface area contributed by atoms with Crippen LogP contribution in [-0.4, -0.2) is 25.0 Å². The minimum Gasteiger partial charge on any atom is -0.465 e. The zero-order valence-corrected chi connectivity index (χ0v) is 12.7. The third kappa shape index (κ3) is 4.62. The summed E-state index contributed by atoms with van der Waals surface area (Å²) in [5.41, 5.74) is -0.271. The van der Waals surface area contributed by atoms with E-state index in [-0.39, 0.29) is 19.0 Å². The van der Waals surface area contributed by atoms with E-state index in [1.165, 1.54) is 0 Å². The van der Waals surface area contributed by atoms with Crippen LogP contribution in [0.25, 0.3) is 0 Å². The number of hydrogen-bond donors (Lipinski definition) is 0. The predicted molar refractivity (Wildman–Crippen MR) is 76.5 cm³/mol. The number of rotatable bonds is 7. The summed E-state index contributed by atoms with van der Waals surface area (Å²) in [6.07, 6.45) is 0. The lowest BCUT2D eigenvalue weighted by molar-refractivity contribution is -0.159.